The van der Waals surface area contributed by atoms with Gasteiger partial charge in [-0.25, -0.2) is 9.97 Å². The van der Waals surface area contributed by atoms with Crippen molar-refractivity contribution in [2.75, 3.05) is 11.9 Å². The number of aliphatic hydroxyl groups is 1. The van der Waals surface area contributed by atoms with Crippen molar-refractivity contribution in [3.63, 3.8) is 0 Å². The monoisotopic (exact) mass is 271 g/mol. The van der Waals surface area contributed by atoms with Gasteiger partial charge in [0.1, 0.15) is 12.1 Å². The lowest BCUT2D eigenvalue weighted by atomic mass is 9.79. The van der Waals surface area contributed by atoms with E-state index in [1.807, 2.05) is 24.3 Å². The third-order valence-corrected chi connectivity index (χ3v) is 4.20. The summed E-state index contributed by atoms with van der Waals surface area (Å²) >= 11 is 0. The Labute approximate surface area is 119 Å². The van der Waals surface area contributed by atoms with Crippen LogP contribution in [0, 0.1) is 5.92 Å². The number of hydrogen-bond donors (Lipinski definition) is 2. The fraction of sp³-hybridized carbons (Fsp3) is 0.500. The first-order valence-corrected chi connectivity index (χ1v) is 7.32. The summed E-state index contributed by atoms with van der Waals surface area (Å²) in [5, 5.41) is 15.0. The zero-order valence-corrected chi connectivity index (χ0v) is 11.8. The largest absolute Gasteiger partial charge is 0.388 e. The molecule has 0 amide bonds. The van der Waals surface area contributed by atoms with E-state index in [4.69, 9.17) is 0 Å². The molecule has 1 aromatic carbocycles. The molecule has 1 aliphatic carbocycles. The third kappa shape index (κ3) is 2.75. The van der Waals surface area contributed by atoms with E-state index < -0.39 is 5.60 Å². The second-order valence-corrected chi connectivity index (χ2v) is 6.02. The molecule has 1 saturated carbocycles. The van der Waals surface area contributed by atoms with E-state index in [9.17, 15) is 5.11 Å². The van der Waals surface area contributed by atoms with E-state index in [2.05, 4.69) is 22.2 Å². The molecule has 1 heterocycles. The highest BCUT2D eigenvalue weighted by molar-refractivity contribution is 5.88. The Hall–Kier alpha value is -1.68. The first-order chi connectivity index (χ1) is 9.66. The molecule has 0 saturated heterocycles. The minimum Gasteiger partial charge on any atom is -0.388 e. The van der Waals surface area contributed by atoms with Gasteiger partial charge in [-0.15, -0.1) is 0 Å². The maximum absolute atomic E-state index is 10.7. The van der Waals surface area contributed by atoms with Gasteiger partial charge in [-0.2, -0.15) is 0 Å². The van der Waals surface area contributed by atoms with Gasteiger partial charge in [0.25, 0.3) is 0 Å². The second kappa shape index (κ2) is 5.37. The van der Waals surface area contributed by atoms with Crippen molar-refractivity contribution in [3.8, 4) is 0 Å². The van der Waals surface area contributed by atoms with Crippen molar-refractivity contribution in [2.24, 2.45) is 5.92 Å². The average Bonchev–Trinajstić information content (AvgIpc) is 2.45. The topological polar surface area (TPSA) is 58.0 Å². The number of rotatable bonds is 3. The molecule has 0 aliphatic heterocycles. The normalized spacial score (nSPS) is 26.6. The number of nitrogens with zero attached hydrogens (tertiary/aromatic N) is 2. The molecule has 0 radical (unpaired) electrons. The molecule has 2 N–H and O–H groups in total. The van der Waals surface area contributed by atoms with E-state index in [0.29, 0.717) is 12.5 Å². The van der Waals surface area contributed by atoms with Crippen molar-refractivity contribution in [2.45, 2.75) is 38.2 Å². The van der Waals surface area contributed by atoms with Gasteiger partial charge < -0.3 is 10.4 Å². The van der Waals surface area contributed by atoms with Crippen LogP contribution in [0.4, 0.5) is 5.82 Å². The van der Waals surface area contributed by atoms with Gasteiger partial charge in [-0.05, 0) is 30.9 Å². The molecule has 2 unspecified atom stereocenters. The lowest BCUT2D eigenvalue weighted by molar-refractivity contribution is -0.000802. The second-order valence-electron chi connectivity index (χ2n) is 6.02. The Kier molecular flexibility index (Phi) is 3.57. The Balaban J connectivity index is 1.77. The molecule has 4 nitrogen and oxygen atoms in total. The minimum atomic E-state index is -0.607. The molecular weight excluding hydrogens is 250 g/mol. The van der Waals surface area contributed by atoms with Gasteiger partial charge >= 0.3 is 0 Å². The summed E-state index contributed by atoms with van der Waals surface area (Å²) in [6.45, 7) is 2.77. The predicted molar refractivity (Wildman–Crippen MR) is 80.6 cm³/mol. The first kappa shape index (κ1) is 13.3. The Bertz CT molecular complexity index is 596. The van der Waals surface area contributed by atoms with Crippen molar-refractivity contribution >= 4 is 16.7 Å². The van der Waals surface area contributed by atoms with Crippen molar-refractivity contribution in [1.82, 2.24) is 9.97 Å². The molecule has 0 bridgehead atoms. The van der Waals surface area contributed by atoms with Crippen LogP contribution in [0.3, 0.4) is 0 Å². The Morgan fingerprint density at radius 2 is 2.20 bits per heavy atom. The maximum atomic E-state index is 10.7. The number of fused-ring (bicyclic) bond motifs is 1. The summed E-state index contributed by atoms with van der Waals surface area (Å²) in [7, 11) is 0. The van der Waals surface area contributed by atoms with Crippen LogP contribution in [-0.2, 0) is 0 Å². The summed E-state index contributed by atoms with van der Waals surface area (Å²) < 4.78 is 0. The molecule has 1 aliphatic rings. The van der Waals surface area contributed by atoms with Gasteiger partial charge in [0.05, 0.1) is 11.1 Å². The van der Waals surface area contributed by atoms with Gasteiger partial charge in [0.2, 0.25) is 0 Å². The predicted octanol–water partition coefficient (Wildman–Crippen LogP) is 2.98. The van der Waals surface area contributed by atoms with Gasteiger partial charge in [0.15, 0.2) is 0 Å². The van der Waals surface area contributed by atoms with E-state index in [1.54, 1.807) is 6.33 Å². The van der Waals surface area contributed by atoms with Crippen molar-refractivity contribution in [1.29, 1.82) is 0 Å². The fourth-order valence-electron chi connectivity index (χ4n) is 3.19. The Morgan fingerprint density at radius 3 is 3.05 bits per heavy atom. The Morgan fingerprint density at radius 1 is 1.35 bits per heavy atom. The number of anilines is 1. The van der Waals surface area contributed by atoms with Crippen LogP contribution >= 0.6 is 0 Å². The number of aromatic nitrogens is 2. The van der Waals surface area contributed by atoms with Crippen LogP contribution in [0.1, 0.15) is 32.6 Å². The number of hydrogen-bond acceptors (Lipinski definition) is 4. The lowest BCUT2D eigenvalue weighted by Crippen LogP contribution is -2.41. The van der Waals surface area contributed by atoms with Gasteiger partial charge in [0, 0.05) is 11.9 Å². The van der Waals surface area contributed by atoms with Gasteiger partial charge in [-0.3, -0.25) is 0 Å². The van der Waals surface area contributed by atoms with Crippen LogP contribution in [0.15, 0.2) is 30.6 Å². The summed E-state index contributed by atoms with van der Waals surface area (Å²) in [6.07, 6.45) is 5.62. The molecular formula is C16H21N3O. The van der Waals surface area contributed by atoms with Gasteiger partial charge in [-0.1, -0.05) is 31.9 Å². The average molecular weight is 271 g/mol. The molecule has 20 heavy (non-hydrogen) atoms. The SMILES string of the molecule is CC1CCCC(O)(CNc2ncnc3ccccc23)C1. The third-order valence-electron chi connectivity index (χ3n) is 4.20. The molecule has 106 valence electrons. The summed E-state index contributed by atoms with van der Waals surface area (Å²) in [5.41, 5.74) is 0.318. The van der Waals surface area contributed by atoms with Crippen LogP contribution in [0.25, 0.3) is 10.9 Å². The lowest BCUT2D eigenvalue weighted by Gasteiger charge is -2.35. The van der Waals surface area contributed by atoms with E-state index >= 15 is 0 Å². The number of para-hydroxylation sites is 1. The smallest absolute Gasteiger partial charge is 0.137 e. The number of benzene rings is 1. The molecule has 3 rings (SSSR count). The van der Waals surface area contributed by atoms with E-state index in [-0.39, 0.29) is 0 Å². The van der Waals surface area contributed by atoms with Crippen LogP contribution in [0.5, 0.6) is 0 Å². The van der Waals surface area contributed by atoms with E-state index in [0.717, 1.165) is 36.0 Å². The van der Waals surface area contributed by atoms with Crippen LogP contribution in [0.2, 0.25) is 0 Å². The van der Waals surface area contributed by atoms with Crippen LogP contribution in [-0.4, -0.2) is 27.2 Å². The summed E-state index contributed by atoms with van der Waals surface area (Å²) in [6, 6.07) is 7.93. The molecule has 2 aromatic rings. The molecule has 1 aromatic heterocycles. The van der Waals surface area contributed by atoms with Crippen molar-refractivity contribution in [3.05, 3.63) is 30.6 Å². The molecule has 1 fully saturated rings. The summed E-state index contributed by atoms with van der Waals surface area (Å²) in [5.74, 6) is 1.40. The maximum Gasteiger partial charge on any atom is 0.137 e. The minimum absolute atomic E-state index is 0.554. The molecule has 4 heteroatoms. The summed E-state index contributed by atoms with van der Waals surface area (Å²) in [4.78, 5) is 8.56. The number of nitrogens with one attached hydrogen (secondary N) is 1. The molecule has 0 spiro atoms. The highest BCUT2D eigenvalue weighted by Crippen LogP contribution is 2.32. The first-order valence-electron chi connectivity index (χ1n) is 7.32. The highest BCUT2D eigenvalue weighted by Gasteiger charge is 2.32. The van der Waals surface area contributed by atoms with E-state index in [1.165, 1.54) is 6.42 Å². The van der Waals surface area contributed by atoms with Crippen LogP contribution < -0.4 is 5.32 Å². The van der Waals surface area contributed by atoms with Crippen molar-refractivity contribution < 1.29 is 5.11 Å². The standard InChI is InChI=1S/C16H21N3O/c1-12-5-4-8-16(20,9-12)10-17-15-13-6-2-3-7-14(13)18-11-19-15/h2-3,6-7,11-12,20H,4-5,8-10H2,1H3,(H,17,18,19). The highest BCUT2D eigenvalue weighted by atomic mass is 16.3. The quantitative estimate of drug-likeness (QED) is 0.901. The zero-order valence-electron chi connectivity index (χ0n) is 11.8. The molecule has 2 atom stereocenters. The fourth-order valence-corrected chi connectivity index (χ4v) is 3.19. The zero-order chi connectivity index (χ0) is 14.0.